The lowest BCUT2D eigenvalue weighted by atomic mass is 10.1. The van der Waals surface area contributed by atoms with E-state index in [1.54, 1.807) is 6.26 Å². The molecule has 0 unspecified atom stereocenters. The second kappa shape index (κ2) is 5.43. The summed E-state index contributed by atoms with van der Waals surface area (Å²) in [6, 6.07) is 1.63. The van der Waals surface area contributed by atoms with Gasteiger partial charge in [0.25, 0.3) is 5.56 Å². The lowest BCUT2D eigenvalue weighted by Gasteiger charge is -2.04. The standard InChI is InChI=1S/C12H6BrF3N4OS/c1-22-12-18-11(21)10-17-9(13)8(20(10)19-12)4-2-5(14)7(16)6(15)3-4/h2-3H,1H3,(H,18,19,21). The second-order valence-corrected chi connectivity index (χ2v) is 5.75. The summed E-state index contributed by atoms with van der Waals surface area (Å²) in [7, 11) is 0. The fourth-order valence-electron chi connectivity index (χ4n) is 1.93. The highest BCUT2D eigenvalue weighted by atomic mass is 79.9. The zero-order valence-corrected chi connectivity index (χ0v) is 13.2. The van der Waals surface area contributed by atoms with Crippen molar-refractivity contribution < 1.29 is 13.2 Å². The van der Waals surface area contributed by atoms with Crippen LogP contribution in [0.25, 0.3) is 16.9 Å². The number of imidazole rings is 1. The Morgan fingerprint density at radius 3 is 2.50 bits per heavy atom. The highest BCUT2D eigenvalue weighted by Crippen LogP contribution is 2.30. The molecule has 22 heavy (non-hydrogen) atoms. The molecule has 0 saturated heterocycles. The van der Waals surface area contributed by atoms with Gasteiger partial charge in [-0.05, 0) is 34.3 Å². The number of halogens is 4. The average Bonchev–Trinajstić information content (AvgIpc) is 2.81. The molecule has 2 heterocycles. The summed E-state index contributed by atoms with van der Waals surface area (Å²) in [5.41, 5.74) is -0.408. The fourth-order valence-corrected chi connectivity index (χ4v) is 2.85. The van der Waals surface area contributed by atoms with Crippen molar-refractivity contribution in [3.63, 3.8) is 0 Å². The van der Waals surface area contributed by atoms with E-state index in [4.69, 9.17) is 0 Å². The molecule has 10 heteroatoms. The van der Waals surface area contributed by atoms with Crippen molar-refractivity contribution in [2.75, 3.05) is 6.26 Å². The van der Waals surface area contributed by atoms with Crippen LogP contribution in [0, 0.1) is 17.5 Å². The highest BCUT2D eigenvalue weighted by Gasteiger charge is 2.20. The van der Waals surface area contributed by atoms with Gasteiger partial charge >= 0.3 is 0 Å². The molecule has 0 aliphatic heterocycles. The predicted molar refractivity (Wildman–Crippen MR) is 78.4 cm³/mol. The molecule has 1 N–H and O–H groups in total. The maximum Gasteiger partial charge on any atom is 0.295 e. The van der Waals surface area contributed by atoms with E-state index in [-0.39, 0.29) is 21.5 Å². The van der Waals surface area contributed by atoms with Crippen LogP contribution in [0.1, 0.15) is 0 Å². The lowest BCUT2D eigenvalue weighted by molar-refractivity contribution is 0.447. The molecule has 0 aliphatic carbocycles. The summed E-state index contributed by atoms with van der Waals surface area (Å²) in [6.45, 7) is 0. The molecule has 1 aromatic carbocycles. The van der Waals surface area contributed by atoms with Crippen molar-refractivity contribution >= 4 is 33.3 Å². The molecule has 0 bridgehead atoms. The number of fused-ring (bicyclic) bond motifs is 1. The second-order valence-electron chi connectivity index (χ2n) is 4.20. The number of thioether (sulfide) groups is 1. The van der Waals surface area contributed by atoms with E-state index in [1.807, 2.05) is 0 Å². The van der Waals surface area contributed by atoms with Gasteiger partial charge in [0.1, 0.15) is 10.3 Å². The first-order valence-electron chi connectivity index (χ1n) is 5.80. The Bertz CT molecular complexity index is 932. The Kier molecular flexibility index (Phi) is 3.73. The summed E-state index contributed by atoms with van der Waals surface area (Å²) in [5.74, 6) is -4.25. The third-order valence-corrected chi connectivity index (χ3v) is 4.00. The van der Waals surface area contributed by atoms with Crippen molar-refractivity contribution in [3.8, 4) is 11.3 Å². The molecular weight excluding hydrogens is 385 g/mol. The average molecular weight is 391 g/mol. The van der Waals surface area contributed by atoms with Crippen molar-refractivity contribution in [1.29, 1.82) is 0 Å². The Morgan fingerprint density at radius 2 is 1.91 bits per heavy atom. The van der Waals surface area contributed by atoms with Crippen molar-refractivity contribution in [1.82, 2.24) is 19.6 Å². The minimum atomic E-state index is -1.57. The number of hydrogen-bond donors (Lipinski definition) is 1. The normalized spacial score (nSPS) is 11.3. The van der Waals surface area contributed by atoms with Crippen LogP contribution in [0.3, 0.4) is 0 Å². The zero-order chi connectivity index (χ0) is 16.0. The maximum atomic E-state index is 13.4. The largest absolute Gasteiger partial charge is 0.297 e. The molecule has 0 radical (unpaired) electrons. The van der Waals surface area contributed by atoms with Gasteiger partial charge in [0.2, 0.25) is 5.65 Å². The summed E-state index contributed by atoms with van der Waals surface area (Å²) < 4.78 is 41.3. The molecule has 0 atom stereocenters. The van der Waals surface area contributed by atoms with Gasteiger partial charge in [0, 0.05) is 5.56 Å². The molecule has 5 nitrogen and oxygen atoms in total. The molecule has 0 amide bonds. The number of rotatable bonds is 2. The predicted octanol–water partition coefficient (Wildman–Crippen LogP) is 2.99. The van der Waals surface area contributed by atoms with Crippen LogP contribution in [0.4, 0.5) is 13.2 Å². The lowest BCUT2D eigenvalue weighted by Crippen LogP contribution is -2.14. The van der Waals surface area contributed by atoms with E-state index in [0.29, 0.717) is 5.16 Å². The molecule has 3 aromatic rings. The third kappa shape index (κ3) is 2.31. The Labute approximate surface area is 133 Å². The van der Waals surface area contributed by atoms with Crippen molar-refractivity contribution in [3.05, 3.63) is 44.5 Å². The van der Waals surface area contributed by atoms with E-state index in [2.05, 4.69) is 31.0 Å². The van der Waals surface area contributed by atoms with Crippen LogP contribution in [0.2, 0.25) is 0 Å². The summed E-state index contributed by atoms with van der Waals surface area (Å²) in [4.78, 5) is 18.4. The number of nitrogens with zero attached hydrogens (tertiary/aromatic N) is 3. The van der Waals surface area contributed by atoms with Gasteiger partial charge in [-0.1, -0.05) is 11.8 Å². The van der Waals surface area contributed by atoms with Gasteiger partial charge in [-0.15, -0.1) is 5.10 Å². The molecule has 2 aromatic heterocycles. The van der Waals surface area contributed by atoms with Gasteiger partial charge in [-0.3, -0.25) is 9.78 Å². The van der Waals surface area contributed by atoms with Gasteiger partial charge in [-0.25, -0.2) is 22.7 Å². The highest BCUT2D eigenvalue weighted by molar-refractivity contribution is 9.10. The molecule has 0 spiro atoms. The molecule has 0 aliphatic rings. The van der Waals surface area contributed by atoms with Crippen LogP contribution in [-0.2, 0) is 0 Å². The summed E-state index contributed by atoms with van der Waals surface area (Å²) in [5, 5.41) is 4.42. The smallest absolute Gasteiger partial charge is 0.295 e. The first kappa shape index (κ1) is 15.1. The molecule has 114 valence electrons. The van der Waals surface area contributed by atoms with E-state index in [0.717, 1.165) is 16.6 Å². The Balaban J connectivity index is 2.38. The number of aromatic amines is 1. The van der Waals surface area contributed by atoms with Gasteiger partial charge in [-0.2, -0.15) is 0 Å². The van der Waals surface area contributed by atoms with Crippen LogP contribution < -0.4 is 5.56 Å². The number of hydrogen-bond acceptors (Lipinski definition) is 4. The molecule has 0 saturated carbocycles. The number of benzene rings is 1. The minimum absolute atomic E-state index is 0.000859. The van der Waals surface area contributed by atoms with Gasteiger partial charge < -0.3 is 0 Å². The summed E-state index contributed by atoms with van der Waals surface area (Å²) >= 11 is 4.31. The third-order valence-electron chi connectivity index (χ3n) is 2.88. The number of aromatic nitrogens is 4. The minimum Gasteiger partial charge on any atom is -0.297 e. The molecular formula is C12H6BrF3N4OS. The number of nitrogens with one attached hydrogen (secondary N) is 1. The van der Waals surface area contributed by atoms with E-state index in [1.165, 1.54) is 11.8 Å². The SMILES string of the molecule is CSc1nn2c(-c3cc(F)c(F)c(F)c3)c(Br)nc2c(=O)[nH]1. The topological polar surface area (TPSA) is 63.1 Å². The quantitative estimate of drug-likeness (QED) is 0.539. The van der Waals surface area contributed by atoms with Gasteiger partial charge in [0.15, 0.2) is 22.6 Å². The Hall–Kier alpha value is -1.81. The fraction of sp³-hybridized carbons (Fsp3) is 0.0833. The monoisotopic (exact) mass is 390 g/mol. The Morgan fingerprint density at radius 1 is 1.27 bits per heavy atom. The van der Waals surface area contributed by atoms with Crippen molar-refractivity contribution in [2.45, 2.75) is 5.16 Å². The van der Waals surface area contributed by atoms with Crippen LogP contribution >= 0.6 is 27.7 Å². The first-order valence-corrected chi connectivity index (χ1v) is 7.81. The molecule has 3 rings (SSSR count). The molecule has 0 fully saturated rings. The van der Waals surface area contributed by atoms with Crippen molar-refractivity contribution in [2.24, 2.45) is 0 Å². The van der Waals surface area contributed by atoms with Gasteiger partial charge in [0.05, 0.1) is 0 Å². The first-order chi connectivity index (χ1) is 10.4. The maximum absolute atomic E-state index is 13.4. The van der Waals surface area contributed by atoms with Crippen LogP contribution in [0.15, 0.2) is 26.7 Å². The van der Waals surface area contributed by atoms with Crippen LogP contribution in [0.5, 0.6) is 0 Å². The van der Waals surface area contributed by atoms with E-state index < -0.39 is 23.0 Å². The summed E-state index contributed by atoms with van der Waals surface area (Å²) in [6.07, 6.45) is 1.70. The number of H-pyrrole nitrogens is 1. The van der Waals surface area contributed by atoms with E-state index in [9.17, 15) is 18.0 Å². The van der Waals surface area contributed by atoms with E-state index >= 15 is 0 Å². The van der Waals surface area contributed by atoms with Crippen LogP contribution in [-0.4, -0.2) is 25.8 Å². The zero-order valence-electron chi connectivity index (χ0n) is 10.8.